The van der Waals surface area contributed by atoms with Crippen LogP contribution in [0.1, 0.15) is 11.3 Å². The Morgan fingerprint density at radius 2 is 2.27 bits per heavy atom. The van der Waals surface area contributed by atoms with Gasteiger partial charge in [0.05, 0.1) is 5.02 Å². The molecule has 4 N–H and O–H groups in total. The van der Waals surface area contributed by atoms with Gasteiger partial charge in [-0.15, -0.1) is 0 Å². The molecule has 0 aliphatic rings. The van der Waals surface area contributed by atoms with E-state index < -0.39 is 0 Å². The van der Waals surface area contributed by atoms with Crippen molar-refractivity contribution in [3.05, 3.63) is 22.3 Å². The summed E-state index contributed by atoms with van der Waals surface area (Å²) in [6, 6.07) is 1.75. The van der Waals surface area contributed by atoms with Gasteiger partial charge in [0.2, 0.25) is 0 Å². The number of pyridine rings is 1. The first-order valence-corrected chi connectivity index (χ1v) is 3.64. The number of hydrogen-bond donors (Lipinski definition) is 2. The molecule has 0 unspecified atom stereocenters. The third kappa shape index (κ3) is 1.61. The predicted molar refractivity (Wildman–Crippen MR) is 46.3 cm³/mol. The zero-order valence-corrected chi connectivity index (χ0v) is 7.02. The highest BCUT2D eigenvalue weighted by Crippen LogP contribution is 2.18. The van der Waals surface area contributed by atoms with E-state index >= 15 is 0 Å². The second kappa shape index (κ2) is 3.07. The SMILES string of the molecule is Cc1nc(N)c(Cl)cc1CN. The molecule has 0 aliphatic heterocycles. The Morgan fingerprint density at radius 1 is 1.64 bits per heavy atom. The van der Waals surface area contributed by atoms with Crippen LogP contribution in [0.5, 0.6) is 0 Å². The molecule has 0 aromatic carbocycles. The van der Waals surface area contributed by atoms with Gasteiger partial charge in [-0.1, -0.05) is 11.6 Å². The van der Waals surface area contributed by atoms with E-state index in [2.05, 4.69) is 4.98 Å². The number of halogens is 1. The zero-order chi connectivity index (χ0) is 8.43. The second-order valence-corrected chi connectivity index (χ2v) is 2.71. The Hall–Kier alpha value is -0.800. The van der Waals surface area contributed by atoms with Gasteiger partial charge in [0.15, 0.2) is 0 Å². The minimum Gasteiger partial charge on any atom is -0.382 e. The molecular weight excluding hydrogens is 162 g/mol. The molecule has 0 spiro atoms. The maximum Gasteiger partial charge on any atom is 0.142 e. The van der Waals surface area contributed by atoms with E-state index in [1.807, 2.05) is 6.92 Å². The van der Waals surface area contributed by atoms with Gasteiger partial charge >= 0.3 is 0 Å². The summed E-state index contributed by atoms with van der Waals surface area (Å²) in [5, 5.41) is 0.469. The van der Waals surface area contributed by atoms with E-state index in [4.69, 9.17) is 23.1 Å². The van der Waals surface area contributed by atoms with E-state index in [9.17, 15) is 0 Å². The first-order valence-electron chi connectivity index (χ1n) is 3.26. The van der Waals surface area contributed by atoms with Gasteiger partial charge in [0.25, 0.3) is 0 Å². The average molecular weight is 172 g/mol. The van der Waals surface area contributed by atoms with Crippen LogP contribution in [0, 0.1) is 6.92 Å². The molecule has 0 bridgehead atoms. The summed E-state index contributed by atoms with van der Waals surface area (Å²) in [5.74, 6) is 0.362. The minimum atomic E-state index is 0.362. The standard InChI is InChI=1S/C7H10ClN3/c1-4-5(3-9)2-6(8)7(10)11-4/h2H,3,9H2,1H3,(H2,10,11). The van der Waals surface area contributed by atoms with Crippen molar-refractivity contribution in [3.63, 3.8) is 0 Å². The van der Waals surface area contributed by atoms with Gasteiger partial charge in [0, 0.05) is 12.2 Å². The summed E-state index contributed by atoms with van der Waals surface area (Å²) in [7, 11) is 0. The first-order chi connectivity index (χ1) is 5.15. The van der Waals surface area contributed by atoms with Crippen molar-refractivity contribution in [2.24, 2.45) is 5.73 Å². The Labute approximate surface area is 70.4 Å². The molecule has 60 valence electrons. The van der Waals surface area contributed by atoms with Crippen molar-refractivity contribution < 1.29 is 0 Å². The van der Waals surface area contributed by atoms with Crippen LogP contribution in [-0.4, -0.2) is 4.98 Å². The van der Waals surface area contributed by atoms with Crippen LogP contribution in [0.4, 0.5) is 5.82 Å². The van der Waals surface area contributed by atoms with Crippen LogP contribution >= 0.6 is 11.6 Å². The lowest BCUT2D eigenvalue weighted by atomic mass is 10.2. The van der Waals surface area contributed by atoms with Crippen LogP contribution in [0.2, 0.25) is 5.02 Å². The second-order valence-electron chi connectivity index (χ2n) is 2.30. The molecule has 0 saturated carbocycles. The molecule has 0 atom stereocenters. The predicted octanol–water partition coefficient (Wildman–Crippen LogP) is 1.08. The summed E-state index contributed by atoms with van der Waals surface area (Å²) in [5.41, 5.74) is 12.7. The molecule has 3 nitrogen and oxygen atoms in total. The highest BCUT2D eigenvalue weighted by Gasteiger charge is 2.02. The molecular formula is C7H10ClN3. The van der Waals surface area contributed by atoms with Crippen LogP contribution in [-0.2, 0) is 6.54 Å². The van der Waals surface area contributed by atoms with E-state index in [1.54, 1.807) is 6.07 Å². The van der Waals surface area contributed by atoms with Gasteiger partial charge in [-0.2, -0.15) is 0 Å². The normalized spacial score (nSPS) is 10.1. The fourth-order valence-electron chi connectivity index (χ4n) is 0.844. The lowest BCUT2D eigenvalue weighted by Crippen LogP contribution is -2.03. The highest BCUT2D eigenvalue weighted by atomic mass is 35.5. The van der Waals surface area contributed by atoms with Gasteiger partial charge in [0.1, 0.15) is 5.82 Å². The molecule has 1 rings (SSSR count). The van der Waals surface area contributed by atoms with Crippen molar-refractivity contribution in [3.8, 4) is 0 Å². The molecule has 1 aromatic rings. The van der Waals surface area contributed by atoms with E-state index in [0.29, 0.717) is 17.4 Å². The number of anilines is 1. The number of aromatic nitrogens is 1. The number of nitrogens with zero attached hydrogens (tertiary/aromatic N) is 1. The van der Waals surface area contributed by atoms with Crippen molar-refractivity contribution in [1.82, 2.24) is 4.98 Å². The lowest BCUT2D eigenvalue weighted by molar-refractivity contribution is 1.01. The third-order valence-electron chi connectivity index (χ3n) is 1.52. The quantitative estimate of drug-likeness (QED) is 0.665. The minimum absolute atomic E-state index is 0.362. The smallest absolute Gasteiger partial charge is 0.142 e. The zero-order valence-electron chi connectivity index (χ0n) is 6.26. The van der Waals surface area contributed by atoms with Crippen molar-refractivity contribution in [2.45, 2.75) is 13.5 Å². The summed E-state index contributed by atoms with van der Waals surface area (Å²) in [4.78, 5) is 4.01. The molecule has 0 aliphatic carbocycles. The fraction of sp³-hybridized carbons (Fsp3) is 0.286. The van der Waals surface area contributed by atoms with Gasteiger partial charge in [-0.3, -0.25) is 0 Å². The molecule has 0 saturated heterocycles. The number of hydrogen-bond acceptors (Lipinski definition) is 3. The van der Waals surface area contributed by atoms with Crippen LogP contribution < -0.4 is 11.5 Å². The third-order valence-corrected chi connectivity index (χ3v) is 1.82. The average Bonchev–Trinajstić information content (AvgIpc) is 1.97. The van der Waals surface area contributed by atoms with Gasteiger partial charge < -0.3 is 11.5 Å². The van der Waals surface area contributed by atoms with Crippen molar-refractivity contribution >= 4 is 17.4 Å². The number of aryl methyl sites for hydroxylation is 1. The summed E-state index contributed by atoms with van der Waals surface area (Å²) >= 11 is 5.72. The Kier molecular flexibility index (Phi) is 2.31. The van der Waals surface area contributed by atoms with Crippen LogP contribution in [0.15, 0.2) is 6.07 Å². The fourth-order valence-corrected chi connectivity index (χ4v) is 1.02. The van der Waals surface area contributed by atoms with Crippen molar-refractivity contribution in [1.29, 1.82) is 0 Å². The summed E-state index contributed by atoms with van der Waals surface area (Å²) < 4.78 is 0. The molecule has 4 heteroatoms. The van der Waals surface area contributed by atoms with Crippen molar-refractivity contribution in [2.75, 3.05) is 5.73 Å². The maximum atomic E-state index is 5.72. The van der Waals surface area contributed by atoms with E-state index in [0.717, 1.165) is 11.3 Å². The van der Waals surface area contributed by atoms with Crippen LogP contribution in [0.3, 0.4) is 0 Å². The van der Waals surface area contributed by atoms with Crippen LogP contribution in [0.25, 0.3) is 0 Å². The summed E-state index contributed by atoms with van der Waals surface area (Å²) in [6.07, 6.45) is 0. The van der Waals surface area contributed by atoms with E-state index in [-0.39, 0.29) is 0 Å². The summed E-state index contributed by atoms with van der Waals surface area (Å²) in [6.45, 7) is 2.30. The monoisotopic (exact) mass is 171 g/mol. The Balaban J connectivity index is 3.21. The molecule has 0 amide bonds. The lowest BCUT2D eigenvalue weighted by Gasteiger charge is -2.03. The molecule has 1 heterocycles. The maximum absolute atomic E-state index is 5.72. The largest absolute Gasteiger partial charge is 0.382 e. The first kappa shape index (κ1) is 8.30. The number of rotatable bonds is 1. The molecule has 1 aromatic heterocycles. The number of nitrogens with two attached hydrogens (primary N) is 2. The number of nitrogen functional groups attached to an aromatic ring is 1. The van der Waals surface area contributed by atoms with E-state index in [1.165, 1.54) is 0 Å². The Morgan fingerprint density at radius 3 is 2.82 bits per heavy atom. The van der Waals surface area contributed by atoms with Gasteiger partial charge in [-0.05, 0) is 18.6 Å². The molecule has 11 heavy (non-hydrogen) atoms. The molecule has 0 fully saturated rings. The molecule has 0 radical (unpaired) electrons. The topological polar surface area (TPSA) is 64.9 Å². The highest BCUT2D eigenvalue weighted by molar-refractivity contribution is 6.32. The van der Waals surface area contributed by atoms with Gasteiger partial charge in [-0.25, -0.2) is 4.98 Å². The Bertz CT molecular complexity index is 273.